The maximum absolute atomic E-state index is 13.3. The topological polar surface area (TPSA) is 101 Å². The van der Waals surface area contributed by atoms with E-state index in [-0.39, 0.29) is 30.3 Å². The summed E-state index contributed by atoms with van der Waals surface area (Å²) in [5.74, 6) is -1.63. The van der Waals surface area contributed by atoms with Gasteiger partial charge in [-0.15, -0.1) is 0 Å². The molecule has 4 atom stereocenters. The van der Waals surface area contributed by atoms with Crippen LogP contribution in [0, 0.1) is 11.3 Å². The number of phenols is 1. The van der Waals surface area contributed by atoms with Crippen LogP contribution < -0.4 is 0 Å². The first kappa shape index (κ1) is 20.5. The van der Waals surface area contributed by atoms with Gasteiger partial charge in [-0.2, -0.15) is 0 Å². The van der Waals surface area contributed by atoms with Gasteiger partial charge >= 0.3 is 5.97 Å². The number of phenolic OH excluding ortho intramolecular Hbond substituents is 1. The molecule has 2 N–H and O–H groups in total. The second-order valence-corrected chi connectivity index (χ2v) is 8.85. The van der Waals surface area contributed by atoms with Crippen molar-refractivity contribution in [1.82, 2.24) is 0 Å². The van der Waals surface area contributed by atoms with Crippen molar-refractivity contribution in [2.24, 2.45) is 11.3 Å². The number of ether oxygens (including phenoxy) is 1. The van der Waals surface area contributed by atoms with Crippen molar-refractivity contribution in [2.75, 3.05) is 6.61 Å². The van der Waals surface area contributed by atoms with E-state index in [9.17, 15) is 24.6 Å². The van der Waals surface area contributed by atoms with Gasteiger partial charge in [0.25, 0.3) is 0 Å². The van der Waals surface area contributed by atoms with Gasteiger partial charge in [0.2, 0.25) is 5.78 Å². The molecule has 0 radical (unpaired) electrons. The lowest BCUT2D eigenvalue weighted by Gasteiger charge is -2.45. The van der Waals surface area contributed by atoms with E-state index < -0.39 is 35.3 Å². The number of Topliss-reactive ketones (excluding diaryl/α,β-unsaturated/α-hetero) is 2. The summed E-state index contributed by atoms with van der Waals surface area (Å²) in [4.78, 5) is 37.9. The van der Waals surface area contributed by atoms with Crippen LogP contribution in [-0.4, -0.2) is 40.0 Å². The minimum Gasteiger partial charge on any atom is -0.508 e. The molecule has 0 saturated heterocycles. The Morgan fingerprint density at radius 3 is 2.67 bits per heavy atom. The number of ketones is 2. The maximum Gasteiger partial charge on any atom is 0.305 e. The Morgan fingerprint density at radius 2 is 1.97 bits per heavy atom. The molecule has 158 valence electrons. The highest BCUT2D eigenvalue weighted by Gasteiger charge is 2.66. The average Bonchev–Trinajstić information content (AvgIpc) is 2.92. The minimum absolute atomic E-state index is 0.0267. The third kappa shape index (κ3) is 2.70. The van der Waals surface area contributed by atoms with Crippen LogP contribution in [0.2, 0.25) is 0 Å². The molecule has 0 bridgehead atoms. The van der Waals surface area contributed by atoms with E-state index in [0.717, 1.165) is 16.3 Å². The number of aromatic hydroxyl groups is 1. The van der Waals surface area contributed by atoms with E-state index >= 15 is 0 Å². The van der Waals surface area contributed by atoms with Gasteiger partial charge in [-0.3, -0.25) is 14.4 Å². The molecule has 0 heterocycles. The lowest BCUT2D eigenvalue weighted by atomic mass is 9.59. The summed E-state index contributed by atoms with van der Waals surface area (Å²) in [5.41, 5.74) is -1.32. The Kier molecular flexibility index (Phi) is 4.73. The fourth-order valence-corrected chi connectivity index (χ4v) is 5.65. The third-order valence-electron chi connectivity index (χ3n) is 7.24. The standard InChI is InChI=1S/C24H26O6/c1-4-21(28)30-12-20(27)24(29)13(2)9-18-17-7-5-14-10-15(25)6-8-16(14)22(17)19(26)11-23(18,24)3/h5-8,10,13,18,25,29H,4,9,11-12H2,1-3H3/t13-,18+,23+,24+/m1/s1. The SMILES string of the molecule is CCC(=O)OCC(=O)[C@@]1(O)[C@H](C)C[C@H]2c3ccc4cc(O)ccc4c3C(=O)C[C@@]21C. The van der Waals surface area contributed by atoms with Crippen molar-refractivity contribution in [3.8, 4) is 5.75 Å². The Morgan fingerprint density at radius 1 is 1.23 bits per heavy atom. The smallest absolute Gasteiger partial charge is 0.305 e. The van der Waals surface area contributed by atoms with Crippen molar-refractivity contribution < 1.29 is 29.3 Å². The van der Waals surface area contributed by atoms with Crippen molar-refractivity contribution in [1.29, 1.82) is 0 Å². The van der Waals surface area contributed by atoms with Crippen molar-refractivity contribution >= 4 is 28.3 Å². The summed E-state index contributed by atoms with van der Waals surface area (Å²) >= 11 is 0. The van der Waals surface area contributed by atoms with Crippen molar-refractivity contribution in [3.05, 3.63) is 41.5 Å². The van der Waals surface area contributed by atoms with Gasteiger partial charge in [0, 0.05) is 23.8 Å². The molecule has 2 aliphatic rings. The third-order valence-corrected chi connectivity index (χ3v) is 7.24. The summed E-state index contributed by atoms with van der Waals surface area (Å²) in [7, 11) is 0. The van der Waals surface area contributed by atoms with Gasteiger partial charge in [0.15, 0.2) is 12.4 Å². The normalized spacial score (nSPS) is 30.1. The minimum atomic E-state index is -1.76. The van der Waals surface area contributed by atoms with Crippen LogP contribution in [0.15, 0.2) is 30.3 Å². The molecular formula is C24H26O6. The first-order chi connectivity index (χ1) is 14.1. The number of esters is 1. The molecule has 2 aromatic rings. The van der Waals surface area contributed by atoms with Crippen LogP contribution in [0.3, 0.4) is 0 Å². The highest BCUT2D eigenvalue weighted by molar-refractivity contribution is 6.11. The Balaban J connectivity index is 1.79. The summed E-state index contributed by atoms with van der Waals surface area (Å²) in [6, 6.07) is 8.65. The average molecular weight is 410 g/mol. The molecule has 2 aromatic carbocycles. The summed E-state index contributed by atoms with van der Waals surface area (Å²) < 4.78 is 5.01. The van der Waals surface area contributed by atoms with E-state index in [0.29, 0.717) is 12.0 Å². The van der Waals surface area contributed by atoms with Gasteiger partial charge in [0.1, 0.15) is 11.4 Å². The quantitative estimate of drug-likeness (QED) is 0.748. The summed E-state index contributed by atoms with van der Waals surface area (Å²) in [6.45, 7) is 4.75. The van der Waals surface area contributed by atoms with E-state index in [4.69, 9.17) is 4.74 Å². The lowest BCUT2D eigenvalue weighted by Crippen LogP contribution is -2.57. The summed E-state index contributed by atoms with van der Waals surface area (Å²) in [6.07, 6.45) is 0.721. The number of aliphatic hydroxyl groups is 1. The Labute approximate surface area is 174 Å². The molecule has 0 aliphatic heterocycles. The lowest BCUT2D eigenvalue weighted by molar-refractivity contribution is -0.165. The number of rotatable bonds is 4. The predicted octanol–water partition coefficient (Wildman–Crippen LogP) is 3.51. The molecule has 1 fully saturated rings. The Bertz CT molecular complexity index is 1070. The fraction of sp³-hybridized carbons (Fsp3) is 0.458. The molecule has 2 aliphatic carbocycles. The van der Waals surface area contributed by atoms with Crippen LogP contribution in [0.1, 0.15) is 61.9 Å². The molecule has 0 unspecified atom stereocenters. The number of hydrogen-bond donors (Lipinski definition) is 2. The van der Waals surface area contributed by atoms with E-state index in [1.54, 1.807) is 32.0 Å². The molecule has 0 amide bonds. The number of benzene rings is 2. The second kappa shape index (κ2) is 6.91. The molecule has 0 spiro atoms. The van der Waals surface area contributed by atoms with Crippen LogP contribution in [0.5, 0.6) is 5.75 Å². The molecule has 6 heteroatoms. The predicted molar refractivity (Wildman–Crippen MR) is 110 cm³/mol. The molecule has 6 nitrogen and oxygen atoms in total. The molecule has 4 rings (SSSR count). The Hall–Kier alpha value is -2.73. The van der Waals surface area contributed by atoms with Gasteiger partial charge in [-0.25, -0.2) is 0 Å². The van der Waals surface area contributed by atoms with E-state index in [1.165, 1.54) is 0 Å². The van der Waals surface area contributed by atoms with Gasteiger partial charge in [-0.05, 0) is 52.8 Å². The zero-order chi connectivity index (χ0) is 21.8. The van der Waals surface area contributed by atoms with Crippen LogP contribution in [0.4, 0.5) is 0 Å². The molecule has 1 saturated carbocycles. The monoisotopic (exact) mass is 410 g/mol. The second-order valence-electron chi connectivity index (χ2n) is 8.85. The fourth-order valence-electron chi connectivity index (χ4n) is 5.65. The zero-order valence-corrected chi connectivity index (χ0v) is 17.4. The highest BCUT2D eigenvalue weighted by Crippen LogP contribution is 2.63. The van der Waals surface area contributed by atoms with Crippen molar-refractivity contribution in [2.45, 2.75) is 51.6 Å². The molecule has 30 heavy (non-hydrogen) atoms. The number of carbonyl (C=O) groups is 3. The van der Waals surface area contributed by atoms with Crippen LogP contribution in [-0.2, 0) is 14.3 Å². The number of carbonyl (C=O) groups excluding carboxylic acids is 3. The highest BCUT2D eigenvalue weighted by atomic mass is 16.5. The van der Waals surface area contributed by atoms with Gasteiger partial charge < -0.3 is 14.9 Å². The maximum atomic E-state index is 13.3. The van der Waals surface area contributed by atoms with Gasteiger partial charge in [0.05, 0.1) is 0 Å². The van der Waals surface area contributed by atoms with Crippen LogP contribution >= 0.6 is 0 Å². The molecular weight excluding hydrogens is 384 g/mol. The summed E-state index contributed by atoms with van der Waals surface area (Å²) in [5, 5.41) is 22.9. The van der Waals surface area contributed by atoms with E-state index in [1.807, 2.05) is 19.1 Å². The number of fused-ring (bicyclic) bond motifs is 5. The van der Waals surface area contributed by atoms with E-state index in [2.05, 4.69) is 0 Å². The zero-order valence-electron chi connectivity index (χ0n) is 17.4. The first-order valence-corrected chi connectivity index (χ1v) is 10.3. The first-order valence-electron chi connectivity index (χ1n) is 10.3. The van der Waals surface area contributed by atoms with Crippen LogP contribution in [0.25, 0.3) is 10.8 Å². The largest absolute Gasteiger partial charge is 0.508 e. The van der Waals surface area contributed by atoms with Gasteiger partial charge in [-0.1, -0.05) is 32.9 Å². The van der Waals surface area contributed by atoms with Crippen molar-refractivity contribution in [3.63, 3.8) is 0 Å². The number of hydrogen-bond acceptors (Lipinski definition) is 6. The molecule has 0 aromatic heterocycles.